The molecule has 178 valence electrons. The van der Waals surface area contributed by atoms with Crippen LogP contribution in [0.15, 0.2) is 40.1 Å². The molecule has 2 heterocycles. The van der Waals surface area contributed by atoms with E-state index in [4.69, 9.17) is 16.6 Å². The summed E-state index contributed by atoms with van der Waals surface area (Å²) >= 11 is 1.28. The first kappa shape index (κ1) is 23.9. The van der Waals surface area contributed by atoms with E-state index < -0.39 is 42.0 Å². The summed E-state index contributed by atoms with van der Waals surface area (Å²) < 4.78 is 54.8. The van der Waals surface area contributed by atoms with E-state index in [0.717, 1.165) is 4.70 Å². The second-order valence-corrected chi connectivity index (χ2v) is 11.7. The first-order valence-electron chi connectivity index (χ1n) is 9.60. The Bertz CT molecular complexity index is 1420. The normalized spacial score (nSPS) is 16.5. The lowest BCUT2D eigenvalue weighted by molar-refractivity contribution is 0.532. The second kappa shape index (κ2) is 8.84. The Morgan fingerprint density at radius 1 is 1.12 bits per heavy atom. The van der Waals surface area contributed by atoms with Crippen LogP contribution in [0.1, 0.15) is 18.7 Å². The minimum absolute atomic E-state index is 0.0812. The summed E-state index contributed by atoms with van der Waals surface area (Å²) in [7, 11) is -8.81. The molecule has 0 saturated carbocycles. The molecule has 0 amide bonds. The van der Waals surface area contributed by atoms with Crippen molar-refractivity contribution in [3.05, 3.63) is 35.9 Å². The molecule has 33 heavy (non-hydrogen) atoms. The fourth-order valence-electron chi connectivity index (χ4n) is 3.50. The van der Waals surface area contributed by atoms with Crippen molar-refractivity contribution in [3.8, 4) is 11.1 Å². The van der Waals surface area contributed by atoms with Gasteiger partial charge in [0.2, 0.25) is 20.0 Å². The lowest BCUT2D eigenvalue weighted by Crippen LogP contribution is -2.37. The Labute approximate surface area is 194 Å². The highest BCUT2D eigenvalue weighted by molar-refractivity contribution is 7.92. The number of sulfonamides is 2. The van der Waals surface area contributed by atoms with Crippen molar-refractivity contribution in [2.45, 2.75) is 28.9 Å². The van der Waals surface area contributed by atoms with E-state index in [0.29, 0.717) is 21.8 Å². The van der Waals surface area contributed by atoms with Crippen LogP contribution in [-0.2, 0) is 20.0 Å². The van der Waals surface area contributed by atoms with Crippen LogP contribution in [0.5, 0.6) is 0 Å². The Morgan fingerprint density at radius 3 is 2.45 bits per heavy atom. The van der Waals surface area contributed by atoms with Crippen LogP contribution in [0, 0.1) is 0 Å². The molecule has 1 aromatic heterocycles. The molecule has 1 fully saturated rings. The number of nitrogens with two attached hydrogens (primary N) is 3. The van der Waals surface area contributed by atoms with Crippen molar-refractivity contribution in [1.82, 2.24) is 31.6 Å². The number of hydrazine groups is 3. The van der Waals surface area contributed by atoms with Gasteiger partial charge in [0.05, 0.1) is 10.2 Å². The van der Waals surface area contributed by atoms with E-state index in [9.17, 15) is 16.8 Å². The number of rotatable bonds is 7. The number of hydrogen-bond acceptors (Lipinski definition) is 12. The quantitative estimate of drug-likeness (QED) is 0.190. The summed E-state index contributed by atoms with van der Waals surface area (Å²) in [5.41, 5.74) is 24.0. The van der Waals surface area contributed by atoms with Crippen molar-refractivity contribution >= 4 is 46.7 Å². The van der Waals surface area contributed by atoms with Crippen LogP contribution in [0.4, 0.5) is 5.13 Å². The highest BCUT2D eigenvalue weighted by Crippen LogP contribution is 2.40. The van der Waals surface area contributed by atoms with Crippen LogP contribution in [0.2, 0.25) is 0 Å². The molecule has 1 atom stereocenters. The lowest BCUT2D eigenvalue weighted by atomic mass is 9.97. The number of hydrogen-bond donors (Lipinski definition) is 8. The summed E-state index contributed by atoms with van der Waals surface area (Å²) in [5.74, 6) is 0. The molecule has 0 spiro atoms. The Morgan fingerprint density at radius 2 is 1.82 bits per heavy atom. The topological polar surface area (TPSA) is 219 Å². The molecule has 11 N–H and O–H groups in total. The van der Waals surface area contributed by atoms with Gasteiger partial charge in [-0.25, -0.2) is 42.5 Å². The van der Waals surface area contributed by atoms with Gasteiger partial charge in [-0.15, -0.1) is 0 Å². The molecule has 1 saturated heterocycles. The van der Waals surface area contributed by atoms with Crippen LogP contribution in [0.3, 0.4) is 0 Å². The highest BCUT2D eigenvalue weighted by atomic mass is 32.2. The maximum atomic E-state index is 13.0. The zero-order valence-electron chi connectivity index (χ0n) is 17.3. The summed E-state index contributed by atoms with van der Waals surface area (Å²) in [4.78, 5) is 3.31. The maximum Gasteiger partial charge on any atom is 0.241 e. The number of primary sulfonamides is 1. The molecule has 2 aromatic carbocycles. The fraction of sp³-hybridized carbons (Fsp3) is 0.235. The largest absolute Gasteiger partial charge is 0.375 e. The third-order valence-electron chi connectivity index (χ3n) is 4.84. The van der Waals surface area contributed by atoms with Crippen LogP contribution in [-0.4, -0.2) is 34.4 Å². The number of aromatic nitrogens is 1. The first-order chi connectivity index (χ1) is 15.5. The van der Waals surface area contributed by atoms with Crippen molar-refractivity contribution in [2.75, 3.05) is 12.3 Å². The Kier molecular flexibility index (Phi) is 6.40. The van der Waals surface area contributed by atoms with Crippen molar-refractivity contribution < 1.29 is 16.8 Å². The molecule has 4 rings (SSSR count). The molecule has 0 radical (unpaired) electrons. The average Bonchev–Trinajstić information content (AvgIpc) is 3.39. The first-order valence-corrected chi connectivity index (χ1v) is 13.4. The average molecular weight is 514 g/mol. The monoisotopic (exact) mass is 513 g/mol. The van der Waals surface area contributed by atoms with Gasteiger partial charge in [-0.3, -0.25) is 0 Å². The Balaban J connectivity index is 2.05. The summed E-state index contributed by atoms with van der Waals surface area (Å²) in [5, 5.41) is 5.91. The number of nitrogen functional groups attached to an aromatic ring is 1. The van der Waals surface area contributed by atoms with E-state index in [1.54, 1.807) is 19.1 Å². The van der Waals surface area contributed by atoms with Gasteiger partial charge < -0.3 is 11.5 Å². The van der Waals surface area contributed by atoms with Crippen LogP contribution >= 0.6 is 11.3 Å². The van der Waals surface area contributed by atoms with Crippen LogP contribution < -0.4 is 43.2 Å². The number of para-hydroxylation sites is 1. The third-order valence-corrected chi connectivity index (χ3v) is 8.29. The molecule has 1 aliphatic rings. The van der Waals surface area contributed by atoms with Gasteiger partial charge in [0.15, 0.2) is 5.13 Å². The maximum absolute atomic E-state index is 13.0. The Hall–Kier alpha value is -2.25. The smallest absolute Gasteiger partial charge is 0.241 e. The summed E-state index contributed by atoms with van der Waals surface area (Å²) in [6.07, 6.45) is -0.872. The minimum atomic E-state index is -4.53. The van der Waals surface area contributed by atoms with Gasteiger partial charge in [-0.05, 0) is 24.6 Å². The zero-order chi connectivity index (χ0) is 24.0. The van der Waals surface area contributed by atoms with Gasteiger partial charge in [-0.1, -0.05) is 29.5 Å². The van der Waals surface area contributed by atoms with E-state index >= 15 is 0 Å². The predicted octanol–water partition coefficient (Wildman–Crippen LogP) is -1.07. The number of benzene rings is 2. The summed E-state index contributed by atoms with van der Waals surface area (Å²) in [6.45, 7) is 1.52. The predicted molar refractivity (Wildman–Crippen MR) is 125 cm³/mol. The molecule has 13 nitrogen and oxygen atoms in total. The number of nitrogens with zero attached hydrogens (tertiary/aromatic N) is 1. The van der Waals surface area contributed by atoms with Gasteiger partial charge >= 0.3 is 0 Å². The number of nitrogens with one attached hydrogen (secondary N) is 5. The highest BCUT2D eigenvalue weighted by Gasteiger charge is 2.34. The molecular formula is C17H23N9O4S3. The molecular weight excluding hydrogens is 490 g/mol. The van der Waals surface area contributed by atoms with Gasteiger partial charge in [0.1, 0.15) is 16.0 Å². The van der Waals surface area contributed by atoms with E-state index in [2.05, 4.69) is 31.6 Å². The van der Waals surface area contributed by atoms with Gasteiger partial charge in [0.25, 0.3) is 0 Å². The molecule has 16 heteroatoms. The second-order valence-electron chi connectivity index (χ2n) is 7.40. The third kappa shape index (κ3) is 4.71. The number of fused-ring (bicyclic) bond motifs is 1. The SMILES string of the molecule is C[C@@H](N)CNS(=O)(=O)c1ccc(-c2cccc3sc(N)nc23)c(C2NNNN2)c1S(N)(=O)=O. The minimum Gasteiger partial charge on any atom is -0.375 e. The number of anilines is 1. The molecule has 0 unspecified atom stereocenters. The van der Waals surface area contributed by atoms with Crippen molar-refractivity contribution in [3.63, 3.8) is 0 Å². The fourth-order valence-corrected chi connectivity index (χ4v) is 7.07. The van der Waals surface area contributed by atoms with E-state index in [-0.39, 0.29) is 12.1 Å². The van der Waals surface area contributed by atoms with E-state index in [1.807, 2.05) is 6.07 Å². The van der Waals surface area contributed by atoms with Crippen LogP contribution in [0.25, 0.3) is 21.3 Å². The molecule has 1 aliphatic heterocycles. The molecule has 0 aliphatic carbocycles. The zero-order valence-corrected chi connectivity index (χ0v) is 19.7. The van der Waals surface area contributed by atoms with Gasteiger partial charge in [-0.2, -0.15) is 11.1 Å². The molecule has 3 aromatic rings. The summed E-state index contributed by atoms with van der Waals surface area (Å²) in [6, 6.07) is 7.57. The number of thiazole rings is 1. The standard InChI is InChI=1S/C17H23N9O4S3/c1-8(18)7-21-33(29,30)12-6-5-9(10-3-2-4-11-14(10)22-17(19)31-11)13(15(12)32(20,27)28)16-23-25-26-24-16/h2-6,8,16,21,23-26H,7,18H2,1H3,(H2,19,22)(H2,20,27,28)/t8-/m1/s1. The molecule has 0 bridgehead atoms. The van der Waals surface area contributed by atoms with Crippen molar-refractivity contribution in [1.29, 1.82) is 0 Å². The van der Waals surface area contributed by atoms with E-state index in [1.165, 1.54) is 23.5 Å². The van der Waals surface area contributed by atoms with Gasteiger partial charge in [0, 0.05) is 23.7 Å². The van der Waals surface area contributed by atoms with Crippen molar-refractivity contribution in [2.24, 2.45) is 10.9 Å². The lowest BCUT2D eigenvalue weighted by Gasteiger charge is -2.22.